The van der Waals surface area contributed by atoms with Gasteiger partial charge in [0.15, 0.2) is 6.29 Å². The van der Waals surface area contributed by atoms with Crippen molar-refractivity contribution in [2.75, 3.05) is 7.11 Å². The van der Waals surface area contributed by atoms with Gasteiger partial charge in [-0.25, -0.2) is 0 Å². The Labute approximate surface area is 119 Å². The lowest BCUT2D eigenvalue weighted by Crippen LogP contribution is -1.99. The van der Waals surface area contributed by atoms with Crippen LogP contribution in [-0.2, 0) is 6.61 Å². The van der Waals surface area contributed by atoms with E-state index in [9.17, 15) is 4.79 Å². The molecule has 2 aromatic carbocycles. The summed E-state index contributed by atoms with van der Waals surface area (Å²) in [5.74, 6) is 1.21. The Hall–Kier alpha value is -2.29. The summed E-state index contributed by atoms with van der Waals surface area (Å²) in [6, 6.07) is 11.5. The Kier molecular flexibility index (Phi) is 4.41. The molecule has 0 heterocycles. The van der Waals surface area contributed by atoms with Crippen LogP contribution in [0.4, 0.5) is 0 Å². The molecule has 0 aromatic heterocycles. The van der Waals surface area contributed by atoms with Crippen LogP contribution in [0, 0.1) is 13.8 Å². The van der Waals surface area contributed by atoms with E-state index in [-0.39, 0.29) is 0 Å². The third kappa shape index (κ3) is 3.38. The van der Waals surface area contributed by atoms with E-state index < -0.39 is 0 Å². The Bertz CT molecular complexity index is 597. The second kappa shape index (κ2) is 6.24. The number of carbonyl (C=O) groups excluding carboxylic acids is 1. The monoisotopic (exact) mass is 270 g/mol. The number of hydrogen-bond acceptors (Lipinski definition) is 3. The van der Waals surface area contributed by atoms with Crippen molar-refractivity contribution in [3.63, 3.8) is 0 Å². The number of methoxy groups -OCH3 is 1. The minimum absolute atomic E-state index is 0.440. The van der Waals surface area contributed by atoms with Gasteiger partial charge in [-0.2, -0.15) is 0 Å². The number of ether oxygens (including phenoxy) is 2. The first-order valence-corrected chi connectivity index (χ1v) is 6.45. The van der Waals surface area contributed by atoms with Crippen LogP contribution in [0.2, 0.25) is 0 Å². The lowest BCUT2D eigenvalue weighted by Gasteiger charge is -2.11. The number of hydrogen-bond donors (Lipinski definition) is 0. The Morgan fingerprint density at radius 3 is 2.35 bits per heavy atom. The van der Waals surface area contributed by atoms with Crippen LogP contribution in [0.5, 0.6) is 11.5 Å². The van der Waals surface area contributed by atoms with Crippen molar-refractivity contribution in [1.82, 2.24) is 0 Å². The molecule has 20 heavy (non-hydrogen) atoms. The molecule has 0 atom stereocenters. The fraction of sp³-hybridized carbons (Fsp3) is 0.235. The SMILES string of the molecule is COc1ccc(OCc2cc(C)cc(C)c2)c(C=O)c1. The molecule has 0 N–H and O–H groups in total. The van der Waals surface area contributed by atoms with Gasteiger partial charge in [0.25, 0.3) is 0 Å². The van der Waals surface area contributed by atoms with E-state index in [4.69, 9.17) is 9.47 Å². The summed E-state index contributed by atoms with van der Waals surface area (Å²) in [7, 11) is 1.57. The van der Waals surface area contributed by atoms with Gasteiger partial charge < -0.3 is 9.47 Å². The lowest BCUT2D eigenvalue weighted by atomic mass is 10.1. The first-order chi connectivity index (χ1) is 9.62. The van der Waals surface area contributed by atoms with Gasteiger partial charge in [-0.1, -0.05) is 29.3 Å². The molecule has 0 aliphatic carbocycles. The van der Waals surface area contributed by atoms with E-state index in [1.54, 1.807) is 25.3 Å². The van der Waals surface area contributed by atoms with Crippen molar-refractivity contribution in [3.8, 4) is 11.5 Å². The molecule has 0 saturated heterocycles. The highest BCUT2D eigenvalue weighted by Crippen LogP contribution is 2.23. The molecule has 0 aliphatic rings. The maximum Gasteiger partial charge on any atom is 0.153 e. The van der Waals surface area contributed by atoms with E-state index in [1.807, 2.05) is 0 Å². The molecule has 3 nitrogen and oxygen atoms in total. The van der Waals surface area contributed by atoms with Crippen LogP contribution in [-0.4, -0.2) is 13.4 Å². The van der Waals surface area contributed by atoms with Gasteiger partial charge >= 0.3 is 0 Å². The Morgan fingerprint density at radius 1 is 1.05 bits per heavy atom. The predicted octanol–water partition coefficient (Wildman–Crippen LogP) is 3.70. The molecular weight excluding hydrogens is 252 g/mol. The lowest BCUT2D eigenvalue weighted by molar-refractivity contribution is 0.111. The zero-order valence-electron chi connectivity index (χ0n) is 12.0. The average molecular weight is 270 g/mol. The number of carbonyl (C=O) groups is 1. The first-order valence-electron chi connectivity index (χ1n) is 6.45. The van der Waals surface area contributed by atoms with Crippen molar-refractivity contribution in [2.24, 2.45) is 0 Å². The van der Waals surface area contributed by atoms with Gasteiger partial charge in [0.1, 0.15) is 18.1 Å². The maximum atomic E-state index is 11.1. The average Bonchev–Trinajstić information content (AvgIpc) is 2.44. The zero-order chi connectivity index (χ0) is 14.5. The number of aldehydes is 1. The third-order valence-corrected chi connectivity index (χ3v) is 3.02. The number of benzene rings is 2. The number of aryl methyl sites for hydroxylation is 2. The van der Waals surface area contributed by atoms with Gasteiger partial charge in [0.2, 0.25) is 0 Å². The molecule has 3 heteroatoms. The summed E-state index contributed by atoms with van der Waals surface area (Å²) in [4.78, 5) is 11.1. The molecule has 0 amide bonds. The Morgan fingerprint density at radius 2 is 1.75 bits per heavy atom. The standard InChI is InChI=1S/C17H18O3/c1-12-6-13(2)8-14(7-12)11-20-17-5-4-16(19-3)9-15(17)10-18/h4-10H,11H2,1-3H3. The Balaban J connectivity index is 2.16. The fourth-order valence-corrected chi connectivity index (χ4v) is 2.19. The van der Waals surface area contributed by atoms with Crippen molar-refractivity contribution in [1.29, 1.82) is 0 Å². The summed E-state index contributed by atoms with van der Waals surface area (Å²) < 4.78 is 10.8. The molecule has 0 saturated carbocycles. The van der Waals surface area contributed by atoms with Gasteiger partial charge in [-0.05, 0) is 37.6 Å². The van der Waals surface area contributed by atoms with Crippen LogP contribution in [0.25, 0.3) is 0 Å². The first kappa shape index (κ1) is 14.1. The molecule has 0 spiro atoms. The summed E-state index contributed by atoms with van der Waals surface area (Å²) in [6.45, 7) is 4.55. The molecule has 0 bridgehead atoms. The van der Waals surface area contributed by atoms with Crippen LogP contribution in [0.1, 0.15) is 27.0 Å². The van der Waals surface area contributed by atoms with Crippen molar-refractivity contribution < 1.29 is 14.3 Å². The maximum absolute atomic E-state index is 11.1. The minimum Gasteiger partial charge on any atom is -0.497 e. The minimum atomic E-state index is 0.440. The normalized spacial score (nSPS) is 10.2. The van der Waals surface area contributed by atoms with Gasteiger partial charge in [0.05, 0.1) is 12.7 Å². The van der Waals surface area contributed by atoms with Crippen LogP contribution in [0.3, 0.4) is 0 Å². The quantitative estimate of drug-likeness (QED) is 0.777. The van der Waals surface area contributed by atoms with Crippen LogP contribution < -0.4 is 9.47 Å². The van der Waals surface area contributed by atoms with Crippen molar-refractivity contribution in [2.45, 2.75) is 20.5 Å². The molecule has 2 aromatic rings. The van der Waals surface area contributed by atoms with E-state index in [0.717, 1.165) is 11.8 Å². The fourth-order valence-electron chi connectivity index (χ4n) is 2.19. The van der Waals surface area contributed by atoms with Crippen LogP contribution in [0.15, 0.2) is 36.4 Å². The van der Waals surface area contributed by atoms with Gasteiger partial charge in [0, 0.05) is 0 Å². The zero-order valence-corrected chi connectivity index (χ0v) is 12.0. The number of rotatable bonds is 5. The molecule has 104 valence electrons. The summed E-state index contributed by atoms with van der Waals surface area (Å²) in [5, 5.41) is 0. The van der Waals surface area contributed by atoms with Crippen molar-refractivity contribution >= 4 is 6.29 Å². The second-order valence-electron chi connectivity index (χ2n) is 4.81. The molecule has 2 rings (SSSR count). The van der Waals surface area contributed by atoms with E-state index in [0.29, 0.717) is 23.7 Å². The van der Waals surface area contributed by atoms with E-state index in [1.165, 1.54) is 11.1 Å². The highest BCUT2D eigenvalue weighted by atomic mass is 16.5. The van der Waals surface area contributed by atoms with E-state index in [2.05, 4.69) is 32.0 Å². The molecule has 0 radical (unpaired) electrons. The largest absolute Gasteiger partial charge is 0.497 e. The topological polar surface area (TPSA) is 35.5 Å². The molecule has 0 unspecified atom stereocenters. The molecular formula is C17H18O3. The summed E-state index contributed by atoms with van der Waals surface area (Å²) in [5.41, 5.74) is 3.99. The highest BCUT2D eigenvalue weighted by Gasteiger charge is 2.06. The van der Waals surface area contributed by atoms with Gasteiger partial charge in [-0.3, -0.25) is 4.79 Å². The van der Waals surface area contributed by atoms with Crippen molar-refractivity contribution in [3.05, 3.63) is 58.7 Å². The van der Waals surface area contributed by atoms with E-state index >= 15 is 0 Å². The summed E-state index contributed by atoms with van der Waals surface area (Å²) >= 11 is 0. The second-order valence-corrected chi connectivity index (χ2v) is 4.81. The highest BCUT2D eigenvalue weighted by molar-refractivity contribution is 5.80. The van der Waals surface area contributed by atoms with Crippen LogP contribution >= 0.6 is 0 Å². The molecule has 0 aliphatic heterocycles. The molecule has 0 fully saturated rings. The smallest absolute Gasteiger partial charge is 0.153 e. The third-order valence-electron chi connectivity index (χ3n) is 3.02. The summed E-state index contributed by atoms with van der Waals surface area (Å²) in [6.07, 6.45) is 0.777. The van der Waals surface area contributed by atoms with Gasteiger partial charge in [-0.15, -0.1) is 0 Å². The predicted molar refractivity (Wildman–Crippen MR) is 78.6 cm³/mol.